The van der Waals surface area contributed by atoms with Gasteiger partial charge in [0, 0.05) is 5.41 Å². The van der Waals surface area contributed by atoms with Gasteiger partial charge in [0.05, 0.1) is 16.4 Å². The Bertz CT molecular complexity index is 155. The molecule has 2 nitrogen and oxygen atoms in total. The van der Waals surface area contributed by atoms with Crippen molar-refractivity contribution in [1.29, 1.82) is 0 Å². The second-order valence-electron chi connectivity index (χ2n) is 3.51. The maximum absolute atomic E-state index is 9.26. The highest BCUT2D eigenvalue weighted by molar-refractivity contribution is 9.25. The topological polar surface area (TPSA) is 40.5 Å². The van der Waals surface area contributed by atoms with Crippen LogP contribution in [0, 0.1) is 5.41 Å². The summed E-state index contributed by atoms with van der Waals surface area (Å²) in [5, 5.41) is 18.5. The minimum absolute atomic E-state index is 0.0278. The van der Waals surface area contributed by atoms with Crippen LogP contribution in [0.4, 0.5) is 0 Å². The maximum Gasteiger partial charge on any atom is 0.0905 e. The van der Waals surface area contributed by atoms with E-state index < -0.39 is 5.41 Å². The first-order valence-corrected chi connectivity index (χ1v) is 5.76. The Hall–Kier alpha value is 0.880. The fourth-order valence-electron chi connectivity index (χ4n) is 1.70. The van der Waals surface area contributed by atoms with Crippen molar-refractivity contribution in [3.05, 3.63) is 0 Å². The summed E-state index contributed by atoms with van der Waals surface area (Å²) < 4.78 is -0.283. The van der Waals surface area contributed by atoms with E-state index in [-0.39, 0.29) is 16.4 Å². The summed E-state index contributed by atoms with van der Waals surface area (Å²) in [4.78, 5) is 0. The van der Waals surface area contributed by atoms with Crippen LogP contribution in [-0.2, 0) is 0 Å². The molecule has 0 aromatic carbocycles. The minimum atomic E-state index is -0.398. The lowest BCUT2D eigenvalue weighted by Gasteiger charge is -2.45. The van der Waals surface area contributed by atoms with Gasteiger partial charge in [0.15, 0.2) is 0 Å². The summed E-state index contributed by atoms with van der Waals surface area (Å²) in [5.41, 5.74) is -0.398. The van der Waals surface area contributed by atoms with Crippen molar-refractivity contribution in [1.82, 2.24) is 0 Å². The lowest BCUT2D eigenvalue weighted by molar-refractivity contribution is 0.0237. The first kappa shape index (κ1) is 11.0. The van der Waals surface area contributed by atoms with Crippen molar-refractivity contribution in [2.75, 3.05) is 13.2 Å². The van der Waals surface area contributed by atoms with Crippen LogP contribution in [0.2, 0.25) is 0 Å². The quantitative estimate of drug-likeness (QED) is 0.766. The molecule has 0 unspecified atom stereocenters. The van der Waals surface area contributed by atoms with Crippen LogP contribution in [-0.4, -0.2) is 26.7 Å². The summed E-state index contributed by atoms with van der Waals surface area (Å²) >= 11 is 7.07. The van der Waals surface area contributed by atoms with E-state index in [0.717, 1.165) is 25.7 Å². The molecule has 12 heavy (non-hydrogen) atoms. The molecule has 0 spiro atoms. The zero-order valence-electron chi connectivity index (χ0n) is 6.89. The summed E-state index contributed by atoms with van der Waals surface area (Å²) in [6.07, 6.45) is 4.04. The highest BCUT2D eigenvalue weighted by Crippen LogP contribution is 2.53. The number of alkyl halides is 2. The first-order chi connectivity index (χ1) is 5.58. The van der Waals surface area contributed by atoms with Crippen LogP contribution >= 0.6 is 31.9 Å². The van der Waals surface area contributed by atoms with E-state index in [1.54, 1.807) is 0 Å². The number of hydrogen-bond acceptors (Lipinski definition) is 2. The highest BCUT2D eigenvalue weighted by atomic mass is 79.9. The fourth-order valence-corrected chi connectivity index (χ4v) is 3.16. The van der Waals surface area contributed by atoms with E-state index in [0.29, 0.717) is 0 Å². The van der Waals surface area contributed by atoms with Crippen LogP contribution in [0.15, 0.2) is 0 Å². The van der Waals surface area contributed by atoms with E-state index >= 15 is 0 Å². The third-order valence-corrected chi connectivity index (χ3v) is 5.25. The predicted octanol–water partition coefficient (Wildman–Crippen LogP) is 2.02. The van der Waals surface area contributed by atoms with Gasteiger partial charge in [-0.05, 0) is 12.8 Å². The molecule has 1 aliphatic carbocycles. The fraction of sp³-hybridized carbons (Fsp3) is 1.00. The third-order valence-electron chi connectivity index (χ3n) is 2.78. The molecule has 1 saturated carbocycles. The standard InChI is InChI=1S/C8H14Br2O2/c9-8(10)4-2-1-3-7(8,5-11)6-12/h11-12H,1-6H2. The van der Waals surface area contributed by atoms with Crippen LogP contribution in [0.25, 0.3) is 0 Å². The molecule has 0 atom stereocenters. The highest BCUT2D eigenvalue weighted by Gasteiger charge is 2.48. The van der Waals surface area contributed by atoms with Crippen LogP contribution in [0.3, 0.4) is 0 Å². The molecule has 1 rings (SSSR count). The summed E-state index contributed by atoms with van der Waals surface area (Å²) in [6, 6.07) is 0. The number of hydrogen-bond donors (Lipinski definition) is 2. The van der Waals surface area contributed by atoms with Gasteiger partial charge >= 0.3 is 0 Å². The molecular formula is C8H14Br2O2. The lowest BCUT2D eigenvalue weighted by atomic mass is 9.75. The second-order valence-corrected chi connectivity index (χ2v) is 7.28. The van der Waals surface area contributed by atoms with E-state index in [2.05, 4.69) is 31.9 Å². The van der Waals surface area contributed by atoms with Gasteiger partial charge in [-0.15, -0.1) is 0 Å². The molecule has 0 radical (unpaired) electrons. The average Bonchev–Trinajstić information content (AvgIpc) is 2.05. The van der Waals surface area contributed by atoms with Crippen LogP contribution in [0.5, 0.6) is 0 Å². The molecular weight excluding hydrogens is 288 g/mol. The monoisotopic (exact) mass is 300 g/mol. The second kappa shape index (κ2) is 3.95. The minimum Gasteiger partial charge on any atom is -0.396 e. The Morgan fingerprint density at radius 3 is 1.83 bits per heavy atom. The zero-order valence-corrected chi connectivity index (χ0v) is 10.1. The van der Waals surface area contributed by atoms with Crippen molar-refractivity contribution in [2.24, 2.45) is 5.41 Å². The van der Waals surface area contributed by atoms with Gasteiger partial charge in [-0.2, -0.15) is 0 Å². The van der Waals surface area contributed by atoms with Crippen molar-refractivity contribution in [3.63, 3.8) is 0 Å². The summed E-state index contributed by atoms with van der Waals surface area (Å²) in [6.45, 7) is 0.0556. The third kappa shape index (κ3) is 1.72. The van der Waals surface area contributed by atoms with Crippen molar-refractivity contribution >= 4 is 31.9 Å². The van der Waals surface area contributed by atoms with Gasteiger partial charge in [0.1, 0.15) is 0 Å². The molecule has 0 aliphatic heterocycles. The number of rotatable bonds is 2. The van der Waals surface area contributed by atoms with Crippen molar-refractivity contribution in [2.45, 2.75) is 28.9 Å². The molecule has 0 bridgehead atoms. The van der Waals surface area contributed by atoms with Gasteiger partial charge in [0.2, 0.25) is 0 Å². The van der Waals surface area contributed by atoms with E-state index in [1.807, 2.05) is 0 Å². The van der Waals surface area contributed by atoms with E-state index in [9.17, 15) is 10.2 Å². The van der Waals surface area contributed by atoms with Crippen LogP contribution in [0.1, 0.15) is 25.7 Å². The van der Waals surface area contributed by atoms with Gasteiger partial charge in [-0.3, -0.25) is 0 Å². The molecule has 0 aromatic rings. The molecule has 0 saturated heterocycles. The van der Waals surface area contributed by atoms with Gasteiger partial charge in [0.25, 0.3) is 0 Å². The number of halogens is 2. The van der Waals surface area contributed by atoms with Crippen LogP contribution < -0.4 is 0 Å². The number of aliphatic hydroxyl groups is 2. The van der Waals surface area contributed by atoms with Gasteiger partial charge in [-0.1, -0.05) is 44.7 Å². The molecule has 4 heteroatoms. The summed E-state index contributed by atoms with van der Waals surface area (Å²) in [5.74, 6) is 0. The molecule has 0 aromatic heterocycles. The number of aliphatic hydroxyl groups excluding tert-OH is 2. The van der Waals surface area contributed by atoms with Crippen molar-refractivity contribution < 1.29 is 10.2 Å². The van der Waals surface area contributed by atoms with E-state index in [1.165, 1.54) is 0 Å². The lowest BCUT2D eigenvalue weighted by Crippen LogP contribution is -2.47. The predicted molar refractivity (Wildman–Crippen MR) is 55.7 cm³/mol. The molecule has 1 fully saturated rings. The van der Waals surface area contributed by atoms with Gasteiger partial charge in [-0.25, -0.2) is 0 Å². The molecule has 0 amide bonds. The molecule has 2 N–H and O–H groups in total. The van der Waals surface area contributed by atoms with E-state index in [4.69, 9.17) is 0 Å². The SMILES string of the molecule is OCC1(CO)CCCCC1(Br)Br. The molecule has 0 heterocycles. The zero-order chi connectivity index (χ0) is 9.24. The Kier molecular flexibility index (Phi) is 3.60. The van der Waals surface area contributed by atoms with Crippen molar-refractivity contribution in [3.8, 4) is 0 Å². The Morgan fingerprint density at radius 2 is 1.50 bits per heavy atom. The summed E-state index contributed by atoms with van der Waals surface area (Å²) in [7, 11) is 0. The molecule has 1 aliphatic rings. The maximum atomic E-state index is 9.26. The Balaban J connectivity index is 2.81. The van der Waals surface area contributed by atoms with Gasteiger partial charge < -0.3 is 10.2 Å². The Morgan fingerprint density at radius 1 is 1.00 bits per heavy atom. The molecule has 72 valence electrons. The largest absolute Gasteiger partial charge is 0.396 e. The smallest absolute Gasteiger partial charge is 0.0905 e. The Labute approximate surface area is 89.6 Å². The normalized spacial score (nSPS) is 27.0. The average molecular weight is 302 g/mol. The first-order valence-electron chi connectivity index (χ1n) is 4.17.